The average molecular weight is 278 g/mol. The van der Waals surface area contributed by atoms with Gasteiger partial charge in [-0.05, 0) is 45.4 Å². The maximum absolute atomic E-state index is 11.6. The van der Waals surface area contributed by atoms with Crippen molar-refractivity contribution in [1.82, 2.24) is 0 Å². The minimum atomic E-state index is -0.989. The lowest BCUT2D eigenvalue weighted by atomic mass is 9.79. The lowest BCUT2D eigenvalue weighted by molar-refractivity contribution is -0.127. The van der Waals surface area contributed by atoms with Crippen LogP contribution in [0.1, 0.15) is 51.4 Å². The summed E-state index contributed by atoms with van der Waals surface area (Å²) in [5, 5.41) is 8.97. The molecule has 0 aliphatic heterocycles. The molecule has 1 N–H and O–H groups in total. The number of carboxylic acids is 1. The van der Waals surface area contributed by atoms with Crippen molar-refractivity contribution >= 4 is 11.8 Å². The first-order chi connectivity index (χ1) is 9.03. The summed E-state index contributed by atoms with van der Waals surface area (Å²) in [4.78, 5) is 22.5. The monoisotopic (exact) mass is 278 g/mol. The summed E-state index contributed by atoms with van der Waals surface area (Å²) in [6.45, 7) is 9.12. The third-order valence-electron chi connectivity index (χ3n) is 3.30. The molecule has 4 heteroatoms. The van der Waals surface area contributed by atoms with Crippen molar-refractivity contribution < 1.29 is 19.4 Å². The Morgan fingerprint density at radius 3 is 2.30 bits per heavy atom. The molecule has 0 saturated heterocycles. The number of hydrogen-bond donors (Lipinski definition) is 1. The molecule has 0 fully saturated rings. The average Bonchev–Trinajstić information content (AvgIpc) is 2.26. The third kappa shape index (κ3) is 4.37. The minimum absolute atomic E-state index is 0.105. The lowest BCUT2D eigenvalue weighted by Gasteiger charge is -2.34. The fourth-order valence-corrected chi connectivity index (χ4v) is 2.24. The zero-order valence-electron chi connectivity index (χ0n) is 12.7. The fourth-order valence-electron chi connectivity index (χ4n) is 2.24. The molecule has 1 aromatic carbocycles. The molecule has 4 nitrogen and oxygen atoms in total. The summed E-state index contributed by atoms with van der Waals surface area (Å²) in [6.07, 6.45) is 0.548. The van der Waals surface area contributed by atoms with Gasteiger partial charge in [0.2, 0.25) is 0 Å². The molecule has 0 radical (unpaired) electrons. The molecule has 0 aliphatic carbocycles. The third-order valence-corrected chi connectivity index (χ3v) is 3.30. The van der Waals surface area contributed by atoms with Crippen LogP contribution < -0.4 is 4.74 Å². The number of ketones is 1. The first-order valence-electron chi connectivity index (χ1n) is 6.57. The Morgan fingerprint density at radius 1 is 1.20 bits per heavy atom. The van der Waals surface area contributed by atoms with Crippen molar-refractivity contribution in [2.75, 3.05) is 0 Å². The van der Waals surface area contributed by atoms with Crippen LogP contribution >= 0.6 is 0 Å². The summed E-state index contributed by atoms with van der Waals surface area (Å²) in [7, 11) is 0. The van der Waals surface area contributed by atoms with Crippen LogP contribution in [-0.4, -0.2) is 22.5 Å². The second-order valence-electron chi connectivity index (χ2n) is 6.31. The van der Waals surface area contributed by atoms with E-state index < -0.39 is 17.0 Å². The standard InChI is InChI=1S/C16H22O4/c1-11(17)15(2,3)10-16(4,5)20-13-8-6-7-12(9-13)14(18)19/h6-9H,10H2,1-5H3,(H,18,19). The quantitative estimate of drug-likeness (QED) is 0.864. The largest absolute Gasteiger partial charge is 0.488 e. The van der Waals surface area contributed by atoms with Crippen LogP contribution in [0.5, 0.6) is 5.75 Å². The Morgan fingerprint density at radius 2 is 1.80 bits per heavy atom. The van der Waals surface area contributed by atoms with Gasteiger partial charge in [-0.25, -0.2) is 4.79 Å². The molecular formula is C16H22O4. The zero-order chi connectivity index (χ0) is 15.6. The maximum atomic E-state index is 11.6. The van der Waals surface area contributed by atoms with Crippen LogP contribution in [0.4, 0.5) is 0 Å². The van der Waals surface area contributed by atoms with Crippen LogP contribution in [0.25, 0.3) is 0 Å². The summed E-state index contributed by atoms with van der Waals surface area (Å²) in [6, 6.07) is 6.37. The molecule has 0 unspecified atom stereocenters. The summed E-state index contributed by atoms with van der Waals surface area (Å²) >= 11 is 0. The predicted molar refractivity (Wildman–Crippen MR) is 77.2 cm³/mol. The van der Waals surface area contributed by atoms with E-state index >= 15 is 0 Å². The van der Waals surface area contributed by atoms with Crippen molar-refractivity contribution in [3.05, 3.63) is 29.8 Å². The second-order valence-corrected chi connectivity index (χ2v) is 6.31. The van der Waals surface area contributed by atoms with E-state index in [-0.39, 0.29) is 11.3 Å². The van der Waals surface area contributed by atoms with Crippen molar-refractivity contribution in [3.63, 3.8) is 0 Å². The highest BCUT2D eigenvalue weighted by Crippen LogP contribution is 2.32. The topological polar surface area (TPSA) is 63.6 Å². The molecule has 0 bridgehead atoms. The molecular weight excluding hydrogens is 256 g/mol. The van der Waals surface area contributed by atoms with Gasteiger partial charge in [-0.3, -0.25) is 4.79 Å². The normalized spacial score (nSPS) is 12.1. The summed E-state index contributed by atoms with van der Waals surface area (Å²) in [5.74, 6) is -0.389. The smallest absolute Gasteiger partial charge is 0.335 e. The fraction of sp³-hybridized carbons (Fsp3) is 0.500. The van der Waals surface area contributed by atoms with Gasteiger partial charge in [-0.2, -0.15) is 0 Å². The van der Waals surface area contributed by atoms with E-state index in [1.807, 2.05) is 27.7 Å². The molecule has 0 spiro atoms. The Labute approximate surface area is 119 Å². The number of rotatable bonds is 6. The van der Waals surface area contributed by atoms with E-state index in [0.717, 1.165) is 0 Å². The van der Waals surface area contributed by atoms with Crippen LogP contribution in [0.15, 0.2) is 24.3 Å². The molecule has 1 aromatic rings. The van der Waals surface area contributed by atoms with Crippen LogP contribution in [0, 0.1) is 5.41 Å². The van der Waals surface area contributed by atoms with Gasteiger partial charge >= 0.3 is 5.97 Å². The second kappa shape index (κ2) is 5.65. The molecule has 0 amide bonds. The Kier molecular flexibility index (Phi) is 4.58. The molecule has 0 aromatic heterocycles. The number of benzene rings is 1. The number of Topliss-reactive ketones (excluding diaryl/α,β-unsaturated/α-hetero) is 1. The van der Waals surface area contributed by atoms with E-state index in [9.17, 15) is 9.59 Å². The van der Waals surface area contributed by atoms with E-state index in [0.29, 0.717) is 12.2 Å². The Bertz CT molecular complexity index is 515. The highest BCUT2D eigenvalue weighted by Gasteiger charge is 2.33. The van der Waals surface area contributed by atoms with Gasteiger partial charge in [0.15, 0.2) is 0 Å². The van der Waals surface area contributed by atoms with Crippen molar-refractivity contribution in [1.29, 1.82) is 0 Å². The van der Waals surface area contributed by atoms with Gasteiger partial charge < -0.3 is 9.84 Å². The summed E-state index contributed by atoms with van der Waals surface area (Å²) < 4.78 is 5.86. The van der Waals surface area contributed by atoms with E-state index in [4.69, 9.17) is 9.84 Å². The van der Waals surface area contributed by atoms with Gasteiger partial charge in [0.1, 0.15) is 17.1 Å². The van der Waals surface area contributed by atoms with Gasteiger partial charge in [-0.15, -0.1) is 0 Å². The number of carbonyl (C=O) groups is 2. The van der Waals surface area contributed by atoms with Crippen LogP contribution in [0.2, 0.25) is 0 Å². The first kappa shape index (κ1) is 16.2. The molecule has 0 heterocycles. The Balaban J connectivity index is 2.88. The predicted octanol–water partition coefficient (Wildman–Crippen LogP) is 3.55. The van der Waals surface area contributed by atoms with Crippen LogP contribution in [0.3, 0.4) is 0 Å². The molecule has 0 atom stereocenters. The number of ether oxygens (including phenoxy) is 1. The molecule has 110 valence electrons. The lowest BCUT2D eigenvalue weighted by Crippen LogP contribution is -2.37. The van der Waals surface area contributed by atoms with Gasteiger partial charge in [-0.1, -0.05) is 19.9 Å². The minimum Gasteiger partial charge on any atom is -0.488 e. The molecule has 0 saturated carbocycles. The van der Waals surface area contributed by atoms with Crippen molar-refractivity contribution in [2.24, 2.45) is 5.41 Å². The van der Waals surface area contributed by atoms with E-state index in [2.05, 4.69) is 0 Å². The van der Waals surface area contributed by atoms with Gasteiger partial charge in [0.05, 0.1) is 5.56 Å². The highest BCUT2D eigenvalue weighted by atomic mass is 16.5. The maximum Gasteiger partial charge on any atom is 0.335 e. The highest BCUT2D eigenvalue weighted by molar-refractivity contribution is 5.88. The van der Waals surface area contributed by atoms with Crippen molar-refractivity contribution in [3.8, 4) is 5.75 Å². The first-order valence-corrected chi connectivity index (χ1v) is 6.57. The zero-order valence-corrected chi connectivity index (χ0v) is 12.7. The van der Waals surface area contributed by atoms with Crippen molar-refractivity contribution in [2.45, 2.75) is 46.6 Å². The SMILES string of the molecule is CC(=O)C(C)(C)CC(C)(C)Oc1cccc(C(=O)O)c1. The molecule has 1 rings (SSSR count). The Hall–Kier alpha value is -1.84. The summed E-state index contributed by atoms with van der Waals surface area (Å²) in [5.41, 5.74) is -0.857. The van der Waals surface area contributed by atoms with E-state index in [1.54, 1.807) is 19.1 Å². The molecule has 0 aliphatic rings. The number of carbonyl (C=O) groups excluding carboxylic acids is 1. The number of aromatic carboxylic acids is 1. The number of hydrogen-bond acceptors (Lipinski definition) is 3. The molecule has 20 heavy (non-hydrogen) atoms. The van der Waals surface area contributed by atoms with Gasteiger partial charge in [0, 0.05) is 5.41 Å². The van der Waals surface area contributed by atoms with Gasteiger partial charge in [0.25, 0.3) is 0 Å². The van der Waals surface area contributed by atoms with Crippen LogP contribution in [-0.2, 0) is 4.79 Å². The number of carboxylic acid groups (broad SMARTS) is 1. The van der Waals surface area contributed by atoms with E-state index in [1.165, 1.54) is 12.1 Å².